The molecule has 2 aliphatic rings. The summed E-state index contributed by atoms with van der Waals surface area (Å²) in [7, 11) is 1.49. The molecule has 0 aromatic rings. The van der Waals surface area contributed by atoms with Gasteiger partial charge in [0.2, 0.25) is 0 Å². The fraction of sp³-hybridized carbons (Fsp3) is 0.917. The zero-order valence-corrected chi connectivity index (χ0v) is 10.7. The van der Waals surface area contributed by atoms with Gasteiger partial charge in [-0.05, 0) is 36.7 Å². The largest absolute Gasteiger partial charge is 0.468 e. The number of thioether (sulfide) groups is 1. The van der Waals surface area contributed by atoms with Crippen molar-refractivity contribution in [3.05, 3.63) is 0 Å². The van der Waals surface area contributed by atoms with E-state index < -0.39 is 0 Å². The SMILES string of the molecule is COC(=O)C(NC1CCCC1)C1CCSC1. The van der Waals surface area contributed by atoms with Crippen LogP contribution in [0.1, 0.15) is 32.1 Å². The second-order valence-corrected chi connectivity index (χ2v) is 5.92. The molecule has 1 saturated carbocycles. The topological polar surface area (TPSA) is 38.3 Å². The lowest BCUT2D eigenvalue weighted by atomic mass is 9.98. The number of nitrogens with one attached hydrogen (secondary N) is 1. The molecule has 1 saturated heterocycles. The molecule has 0 spiro atoms. The first-order valence-electron chi connectivity index (χ1n) is 6.23. The third kappa shape index (κ3) is 2.92. The van der Waals surface area contributed by atoms with Gasteiger partial charge in [-0.2, -0.15) is 11.8 Å². The molecule has 1 N–H and O–H groups in total. The van der Waals surface area contributed by atoms with Crippen molar-refractivity contribution in [3.63, 3.8) is 0 Å². The number of carbonyl (C=O) groups is 1. The Labute approximate surface area is 102 Å². The van der Waals surface area contributed by atoms with Crippen LogP contribution in [-0.2, 0) is 9.53 Å². The van der Waals surface area contributed by atoms with E-state index in [4.69, 9.17) is 4.74 Å². The van der Waals surface area contributed by atoms with Crippen LogP contribution in [0.2, 0.25) is 0 Å². The maximum absolute atomic E-state index is 11.8. The van der Waals surface area contributed by atoms with Crippen molar-refractivity contribution < 1.29 is 9.53 Å². The zero-order valence-electron chi connectivity index (χ0n) is 9.91. The van der Waals surface area contributed by atoms with Crippen molar-refractivity contribution in [1.29, 1.82) is 0 Å². The van der Waals surface area contributed by atoms with E-state index in [2.05, 4.69) is 5.32 Å². The highest BCUT2D eigenvalue weighted by atomic mass is 32.2. The molecule has 0 radical (unpaired) electrons. The molecule has 1 aliphatic heterocycles. The van der Waals surface area contributed by atoms with Crippen molar-refractivity contribution in [3.8, 4) is 0 Å². The molecule has 4 heteroatoms. The molecule has 2 atom stereocenters. The first-order valence-corrected chi connectivity index (χ1v) is 7.38. The monoisotopic (exact) mass is 243 g/mol. The van der Waals surface area contributed by atoms with Crippen molar-refractivity contribution in [1.82, 2.24) is 5.32 Å². The molecule has 1 heterocycles. The van der Waals surface area contributed by atoms with Crippen molar-refractivity contribution in [2.24, 2.45) is 5.92 Å². The third-order valence-corrected chi connectivity index (χ3v) is 4.85. The first kappa shape index (κ1) is 12.2. The van der Waals surface area contributed by atoms with Crippen LogP contribution in [0.25, 0.3) is 0 Å². The molecule has 0 aromatic carbocycles. The second kappa shape index (κ2) is 5.92. The van der Waals surface area contributed by atoms with E-state index in [1.165, 1.54) is 38.5 Å². The average Bonchev–Trinajstić information content (AvgIpc) is 2.97. The van der Waals surface area contributed by atoms with Gasteiger partial charge in [0.1, 0.15) is 6.04 Å². The number of hydrogen-bond donors (Lipinski definition) is 1. The maximum Gasteiger partial charge on any atom is 0.323 e. The first-order chi connectivity index (χ1) is 7.81. The maximum atomic E-state index is 11.8. The number of carbonyl (C=O) groups excluding carboxylic acids is 1. The van der Waals surface area contributed by atoms with Gasteiger partial charge in [-0.3, -0.25) is 4.79 Å². The standard InChI is InChI=1S/C12H21NO2S/c1-15-12(14)11(9-6-7-16-8-9)13-10-4-2-3-5-10/h9-11,13H,2-8H2,1H3. The molecule has 2 rings (SSSR count). The Bertz CT molecular complexity index is 235. The molecule has 16 heavy (non-hydrogen) atoms. The molecule has 2 fully saturated rings. The summed E-state index contributed by atoms with van der Waals surface area (Å²) >= 11 is 1.95. The lowest BCUT2D eigenvalue weighted by Gasteiger charge is -2.25. The highest BCUT2D eigenvalue weighted by Gasteiger charge is 2.33. The Morgan fingerprint density at radius 2 is 2.12 bits per heavy atom. The molecular weight excluding hydrogens is 222 g/mol. The Morgan fingerprint density at radius 1 is 1.38 bits per heavy atom. The summed E-state index contributed by atoms with van der Waals surface area (Å²) < 4.78 is 4.92. The fourth-order valence-electron chi connectivity index (χ4n) is 2.69. The van der Waals surface area contributed by atoms with Gasteiger partial charge in [0, 0.05) is 6.04 Å². The van der Waals surface area contributed by atoms with Crippen LogP contribution in [0.15, 0.2) is 0 Å². The lowest BCUT2D eigenvalue weighted by molar-refractivity contribution is -0.144. The Kier molecular flexibility index (Phi) is 4.53. The van der Waals surface area contributed by atoms with Crippen LogP contribution in [-0.4, -0.2) is 36.7 Å². The van der Waals surface area contributed by atoms with Gasteiger partial charge in [0.05, 0.1) is 7.11 Å². The van der Waals surface area contributed by atoms with Crippen molar-refractivity contribution >= 4 is 17.7 Å². The highest BCUT2D eigenvalue weighted by Crippen LogP contribution is 2.28. The number of ether oxygens (including phenoxy) is 1. The van der Waals surface area contributed by atoms with Crippen LogP contribution >= 0.6 is 11.8 Å². The quantitative estimate of drug-likeness (QED) is 0.764. The van der Waals surface area contributed by atoms with Gasteiger partial charge in [-0.25, -0.2) is 0 Å². The molecule has 0 bridgehead atoms. The summed E-state index contributed by atoms with van der Waals surface area (Å²) in [5.41, 5.74) is 0. The molecule has 0 amide bonds. The van der Waals surface area contributed by atoms with E-state index in [-0.39, 0.29) is 12.0 Å². The van der Waals surface area contributed by atoms with Crippen LogP contribution in [0.3, 0.4) is 0 Å². The van der Waals surface area contributed by atoms with Crippen molar-refractivity contribution in [2.75, 3.05) is 18.6 Å². The van der Waals surface area contributed by atoms with Crippen LogP contribution in [0, 0.1) is 5.92 Å². The minimum Gasteiger partial charge on any atom is -0.468 e. The predicted molar refractivity (Wildman–Crippen MR) is 66.6 cm³/mol. The molecule has 3 nitrogen and oxygen atoms in total. The van der Waals surface area contributed by atoms with Crippen LogP contribution in [0.5, 0.6) is 0 Å². The third-order valence-electron chi connectivity index (χ3n) is 3.66. The van der Waals surface area contributed by atoms with Crippen LogP contribution in [0.4, 0.5) is 0 Å². The van der Waals surface area contributed by atoms with E-state index in [1.54, 1.807) is 0 Å². The minimum absolute atomic E-state index is 0.0666. The summed E-state index contributed by atoms with van der Waals surface area (Å²) in [5, 5.41) is 3.52. The lowest BCUT2D eigenvalue weighted by Crippen LogP contribution is -2.47. The smallest absolute Gasteiger partial charge is 0.323 e. The predicted octanol–water partition coefficient (Wildman–Crippen LogP) is 1.81. The van der Waals surface area contributed by atoms with Gasteiger partial charge in [-0.15, -0.1) is 0 Å². The summed E-state index contributed by atoms with van der Waals surface area (Å²) in [5.74, 6) is 2.68. The van der Waals surface area contributed by atoms with Crippen LogP contribution < -0.4 is 5.32 Å². The van der Waals surface area contributed by atoms with Gasteiger partial charge in [0.15, 0.2) is 0 Å². The Balaban J connectivity index is 1.92. The van der Waals surface area contributed by atoms with Crippen molar-refractivity contribution in [2.45, 2.75) is 44.2 Å². The van der Waals surface area contributed by atoms with E-state index in [0.717, 1.165) is 12.2 Å². The molecule has 0 aromatic heterocycles. The van der Waals surface area contributed by atoms with Gasteiger partial charge in [-0.1, -0.05) is 12.8 Å². The fourth-order valence-corrected chi connectivity index (χ4v) is 3.98. The Hall–Kier alpha value is -0.220. The van der Waals surface area contributed by atoms with E-state index in [0.29, 0.717) is 12.0 Å². The summed E-state index contributed by atoms with van der Waals surface area (Å²) in [6, 6.07) is 0.470. The number of rotatable bonds is 4. The molecular formula is C12H21NO2S. The van der Waals surface area contributed by atoms with E-state index >= 15 is 0 Å². The zero-order chi connectivity index (χ0) is 11.4. The van der Waals surface area contributed by atoms with Gasteiger partial charge in [0.25, 0.3) is 0 Å². The average molecular weight is 243 g/mol. The minimum atomic E-state index is -0.0700. The summed E-state index contributed by atoms with van der Waals surface area (Å²) in [6.07, 6.45) is 6.17. The molecule has 1 aliphatic carbocycles. The van der Waals surface area contributed by atoms with Gasteiger partial charge >= 0.3 is 5.97 Å². The van der Waals surface area contributed by atoms with E-state index in [9.17, 15) is 4.79 Å². The summed E-state index contributed by atoms with van der Waals surface area (Å²) in [4.78, 5) is 11.8. The molecule has 92 valence electrons. The van der Waals surface area contributed by atoms with Gasteiger partial charge < -0.3 is 10.1 Å². The number of methoxy groups -OCH3 is 1. The molecule has 2 unspecified atom stereocenters. The van der Waals surface area contributed by atoms with E-state index in [1.807, 2.05) is 11.8 Å². The normalized spacial score (nSPS) is 28.2. The highest BCUT2D eigenvalue weighted by molar-refractivity contribution is 7.99. The second-order valence-electron chi connectivity index (χ2n) is 4.77. The Morgan fingerprint density at radius 3 is 2.69 bits per heavy atom. The summed E-state index contributed by atoms with van der Waals surface area (Å²) in [6.45, 7) is 0. The number of esters is 1. The number of hydrogen-bond acceptors (Lipinski definition) is 4.